The van der Waals surface area contributed by atoms with Gasteiger partial charge in [0.25, 0.3) is 5.56 Å². The number of para-hydroxylation sites is 1. The van der Waals surface area contributed by atoms with Crippen molar-refractivity contribution in [3.63, 3.8) is 0 Å². The maximum Gasteiger partial charge on any atom is 0.330 e. The van der Waals surface area contributed by atoms with Gasteiger partial charge in [-0.25, -0.2) is 9.18 Å². The minimum atomic E-state index is -1.84. The third-order valence-electron chi connectivity index (χ3n) is 3.75. The zero-order valence-electron chi connectivity index (χ0n) is 13.1. The monoisotopic (exact) mass is 352 g/mol. The maximum atomic E-state index is 14.3. The number of hydrogen-bond donors (Lipinski definition) is 2. The lowest BCUT2D eigenvalue weighted by molar-refractivity contribution is -0.0874. The summed E-state index contributed by atoms with van der Waals surface area (Å²) >= 11 is 0. The number of nitrogens with zero attached hydrogens (tertiary/aromatic N) is 1. The molecule has 1 aromatic heterocycles. The number of benzene rings is 1. The molecule has 3 rings (SSSR count). The highest BCUT2D eigenvalue weighted by Crippen LogP contribution is 2.30. The Hall–Kier alpha value is -2.49. The minimum absolute atomic E-state index is 0.100. The van der Waals surface area contributed by atoms with Crippen molar-refractivity contribution >= 4 is 0 Å². The lowest BCUT2D eigenvalue weighted by Crippen LogP contribution is -2.35. The van der Waals surface area contributed by atoms with Crippen LogP contribution >= 0.6 is 0 Å². The smallest absolute Gasteiger partial charge is 0.330 e. The van der Waals surface area contributed by atoms with Crippen LogP contribution in [0.3, 0.4) is 0 Å². The molecule has 2 N–H and O–H groups in total. The number of aromatic amines is 1. The van der Waals surface area contributed by atoms with E-state index in [0.717, 1.165) is 16.8 Å². The summed E-state index contributed by atoms with van der Waals surface area (Å²) < 4.78 is 31.1. The number of ether oxygens (including phenoxy) is 3. The highest BCUT2D eigenvalue weighted by atomic mass is 19.1. The van der Waals surface area contributed by atoms with Gasteiger partial charge in [0.15, 0.2) is 19.2 Å². The van der Waals surface area contributed by atoms with Gasteiger partial charge in [-0.05, 0) is 12.1 Å². The Balaban J connectivity index is 1.56. The molecule has 0 amide bonds. The van der Waals surface area contributed by atoms with E-state index < -0.39 is 35.9 Å². The molecule has 2 aromatic rings. The van der Waals surface area contributed by atoms with Gasteiger partial charge in [-0.1, -0.05) is 18.2 Å². The molecule has 4 unspecified atom stereocenters. The lowest BCUT2D eigenvalue weighted by Gasteiger charge is -2.16. The quantitative estimate of drug-likeness (QED) is 0.568. The Labute approximate surface area is 141 Å². The summed E-state index contributed by atoms with van der Waals surface area (Å²) in [6.07, 6.45) is -4.51. The highest BCUT2D eigenvalue weighted by molar-refractivity contribution is 5.20. The van der Waals surface area contributed by atoms with E-state index in [4.69, 9.17) is 14.2 Å². The first kappa shape index (κ1) is 17.3. The van der Waals surface area contributed by atoms with Crippen molar-refractivity contribution in [3.05, 3.63) is 63.4 Å². The average Bonchev–Trinajstić information content (AvgIpc) is 2.88. The molecule has 134 valence electrons. The number of nitrogens with one attached hydrogen (secondary N) is 1. The molecule has 1 saturated heterocycles. The molecule has 1 aliphatic rings. The highest BCUT2D eigenvalue weighted by Gasteiger charge is 2.45. The molecule has 8 nitrogen and oxygen atoms in total. The summed E-state index contributed by atoms with van der Waals surface area (Å²) in [6, 6.07) is 10.0. The van der Waals surface area contributed by atoms with Crippen LogP contribution < -0.4 is 16.0 Å². The van der Waals surface area contributed by atoms with Crippen molar-refractivity contribution in [2.24, 2.45) is 0 Å². The van der Waals surface area contributed by atoms with Crippen LogP contribution in [0.15, 0.2) is 52.2 Å². The van der Waals surface area contributed by atoms with Crippen LogP contribution in [-0.4, -0.2) is 46.4 Å². The summed E-state index contributed by atoms with van der Waals surface area (Å²) in [5.74, 6) is 0.608. The van der Waals surface area contributed by atoms with Crippen LogP contribution in [0, 0.1) is 0 Å². The van der Waals surface area contributed by atoms with E-state index in [9.17, 15) is 19.1 Å². The van der Waals surface area contributed by atoms with Gasteiger partial charge in [0, 0.05) is 12.3 Å². The number of H-pyrrole nitrogens is 1. The van der Waals surface area contributed by atoms with Crippen molar-refractivity contribution < 1.29 is 23.7 Å². The second-order valence-electron chi connectivity index (χ2n) is 5.46. The Bertz CT molecular complexity index is 808. The van der Waals surface area contributed by atoms with E-state index in [-0.39, 0.29) is 13.4 Å². The molecule has 25 heavy (non-hydrogen) atoms. The largest absolute Gasteiger partial charge is 0.468 e. The van der Waals surface area contributed by atoms with Gasteiger partial charge in [-0.15, -0.1) is 0 Å². The molecule has 9 heteroatoms. The van der Waals surface area contributed by atoms with Crippen molar-refractivity contribution in [2.45, 2.75) is 24.6 Å². The Kier molecular flexibility index (Phi) is 5.27. The first-order valence-corrected chi connectivity index (χ1v) is 7.61. The first-order valence-electron chi connectivity index (χ1n) is 7.61. The minimum Gasteiger partial charge on any atom is -0.468 e. The molecule has 0 aliphatic carbocycles. The molecule has 0 spiro atoms. The number of hydrogen-bond acceptors (Lipinski definition) is 6. The van der Waals surface area contributed by atoms with Gasteiger partial charge in [0.1, 0.15) is 18.0 Å². The summed E-state index contributed by atoms with van der Waals surface area (Å²) in [4.78, 5) is 24.8. The van der Waals surface area contributed by atoms with Crippen molar-refractivity contribution in [2.75, 3.05) is 13.4 Å². The molecule has 2 heterocycles. The summed E-state index contributed by atoms with van der Waals surface area (Å²) in [5, 5.41) is 9.94. The molecule has 4 atom stereocenters. The normalized spacial score (nSPS) is 25.8. The van der Waals surface area contributed by atoms with E-state index >= 15 is 0 Å². The fourth-order valence-electron chi connectivity index (χ4n) is 2.48. The number of aliphatic hydroxyl groups is 1. The van der Waals surface area contributed by atoms with E-state index in [2.05, 4.69) is 0 Å². The second kappa shape index (κ2) is 7.60. The topological polar surface area (TPSA) is 103 Å². The average molecular weight is 352 g/mol. The standard InChI is InChI=1S/C16H17FN2O6/c17-13-14(21)11(8-23-9-24-10-4-2-1-3-5-10)25-15(13)19-7-6-12(20)18-16(19)22/h1-7,11,13-15,21H,8-9H2,(H,18,20,22). The maximum absolute atomic E-state index is 14.3. The van der Waals surface area contributed by atoms with Crippen LogP contribution in [0.5, 0.6) is 5.75 Å². The predicted molar refractivity (Wildman–Crippen MR) is 84.0 cm³/mol. The number of aliphatic hydroxyl groups excluding tert-OH is 1. The number of aromatic nitrogens is 2. The fraction of sp³-hybridized carbons (Fsp3) is 0.375. The number of halogens is 1. The summed E-state index contributed by atoms with van der Waals surface area (Å²) in [6.45, 7) is -0.222. The third kappa shape index (κ3) is 3.95. The SMILES string of the molecule is O=c1ccn(C2OC(COCOc3ccccc3)C(O)C2F)c(=O)[nH]1. The lowest BCUT2D eigenvalue weighted by atomic mass is 10.1. The van der Waals surface area contributed by atoms with E-state index in [1.54, 1.807) is 24.3 Å². The molecule has 0 radical (unpaired) electrons. The molecule has 1 aromatic carbocycles. The summed E-state index contributed by atoms with van der Waals surface area (Å²) in [5.41, 5.74) is -1.42. The number of alkyl halides is 1. The van der Waals surface area contributed by atoms with Gasteiger partial charge >= 0.3 is 5.69 Å². The predicted octanol–water partition coefficient (Wildman–Crippen LogP) is 0.186. The van der Waals surface area contributed by atoms with Crippen LogP contribution in [-0.2, 0) is 9.47 Å². The molecule has 0 bridgehead atoms. The van der Waals surface area contributed by atoms with Crippen molar-refractivity contribution in [1.82, 2.24) is 9.55 Å². The van der Waals surface area contributed by atoms with Crippen molar-refractivity contribution in [1.29, 1.82) is 0 Å². The number of rotatable bonds is 6. The molecular weight excluding hydrogens is 335 g/mol. The van der Waals surface area contributed by atoms with Crippen LogP contribution in [0.25, 0.3) is 0 Å². The van der Waals surface area contributed by atoms with Crippen LogP contribution in [0.4, 0.5) is 4.39 Å². The van der Waals surface area contributed by atoms with E-state index in [0.29, 0.717) is 5.75 Å². The molecule has 0 saturated carbocycles. The van der Waals surface area contributed by atoms with Crippen molar-refractivity contribution in [3.8, 4) is 5.75 Å². The molecule has 1 aliphatic heterocycles. The van der Waals surface area contributed by atoms with Crippen LogP contribution in [0.2, 0.25) is 0 Å². The van der Waals surface area contributed by atoms with Crippen LogP contribution in [0.1, 0.15) is 6.23 Å². The van der Waals surface area contributed by atoms with E-state index in [1.807, 2.05) is 11.1 Å². The summed E-state index contributed by atoms with van der Waals surface area (Å²) in [7, 11) is 0. The first-order chi connectivity index (χ1) is 12.1. The van der Waals surface area contributed by atoms with Gasteiger partial charge in [-0.2, -0.15) is 0 Å². The van der Waals surface area contributed by atoms with Gasteiger partial charge in [-0.3, -0.25) is 14.3 Å². The van der Waals surface area contributed by atoms with E-state index in [1.165, 1.54) is 0 Å². The zero-order valence-corrected chi connectivity index (χ0v) is 13.1. The third-order valence-corrected chi connectivity index (χ3v) is 3.75. The van der Waals surface area contributed by atoms with Gasteiger partial charge < -0.3 is 19.3 Å². The Morgan fingerprint density at radius 2 is 2.00 bits per heavy atom. The zero-order chi connectivity index (χ0) is 17.8. The van der Waals surface area contributed by atoms with Gasteiger partial charge in [0.05, 0.1) is 6.61 Å². The Morgan fingerprint density at radius 3 is 2.72 bits per heavy atom. The van der Waals surface area contributed by atoms with Gasteiger partial charge in [0.2, 0.25) is 0 Å². The Morgan fingerprint density at radius 1 is 1.24 bits per heavy atom. The fourth-order valence-corrected chi connectivity index (χ4v) is 2.48. The second-order valence-corrected chi connectivity index (χ2v) is 5.46. The molecule has 1 fully saturated rings. The molecular formula is C16H17FN2O6.